The summed E-state index contributed by atoms with van der Waals surface area (Å²) in [7, 11) is 1.81. The van der Waals surface area contributed by atoms with Crippen LogP contribution >= 0.6 is 0 Å². The Bertz CT molecular complexity index is 429. The highest BCUT2D eigenvalue weighted by atomic mass is 16.5. The predicted molar refractivity (Wildman–Crippen MR) is 85.1 cm³/mol. The minimum Gasteiger partial charge on any atom is -0.494 e. The maximum atomic E-state index is 5.98. The molecule has 3 N–H and O–H groups in total. The first-order valence-electron chi connectivity index (χ1n) is 8.00. The molecule has 0 radical (unpaired) electrons. The maximum Gasteiger partial charge on any atom is 0.119 e. The average Bonchev–Trinajstić information content (AvgIpc) is 2.75. The van der Waals surface area contributed by atoms with E-state index >= 15 is 0 Å². The highest BCUT2D eigenvalue weighted by molar-refractivity contribution is 5.32. The molecule has 118 valence electrons. The van der Waals surface area contributed by atoms with Gasteiger partial charge in [0.1, 0.15) is 5.75 Å². The molecule has 21 heavy (non-hydrogen) atoms. The fraction of sp³-hybridized carbons (Fsp3) is 0.647. The number of benzene rings is 1. The number of nitrogens with two attached hydrogens (primary N) is 1. The lowest BCUT2D eigenvalue weighted by molar-refractivity contribution is -0.0541. The van der Waals surface area contributed by atoms with Gasteiger partial charge in [0.05, 0.1) is 18.2 Å². The van der Waals surface area contributed by atoms with E-state index in [1.54, 1.807) is 0 Å². The summed E-state index contributed by atoms with van der Waals surface area (Å²) in [6, 6.07) is 8.15. The molecule has 1 aromatic rings. The molecule has 1 fully saturated rings. The highest BCUT2D eigenvalue weighted by Gasteiger charge is 2.39. The van der Waals surface area contributed by atoms with Crippen molar-refractivity contribution in [3.05, 3.63) is 29.8 Å². The van der Waals surface area contributed by atoms with Gasteiger partial charge < -0.3 is 9.47 Å². The molecule has 1 saturated carbocycles. The summed E-state index contributed by atoms with van der Waals surface area (Å²) in [5, 5.41) is 0. The molecule has 1 aliphatic rings. The number of nitrogens with one attached hydrogen (secondary N) is 1. The standard InChI is InChI=1S/C17H28N2O2/c1-3-21-15-10-8-9-14(13-15)16(19-18)17(20-2)11-6-4-5-7-12-17/h8-10,13,16,19H,3-7,11-12,18H2,1-2H3. The molecule has 0 aliphatic heterocycles. The second-order valence-electron chi connectivity index (χ2n) is 5.79. The van der Waals surface area contributed by atoms with Gasteiger partial charge in [-0.1, -0.05) is 37.8 Å². The van der Waals surface area contributed by atoms with E-state index in [1.807, 2.05) is 26.2 Å². The molecular formula is C17H28N2O2. The van der Waals surface area contributed by atoms with Crippen LogP contribution in [0.5, 0.6) is 5.75 Å². The maximum absolute atomic E-state index is 5.98. The van der Waals surface area contributed by atoms with Crippen molar-refractivity contribution in [2.45, 2.75) is 57.1 Å². The number of hydrazine groups is 1. The topological polar surface area (TPSA) is 56.5 Å². The van der Waals surface area contributed by atoms with E-state index in [4.69, 9.17) is 15.3 Å². The Labute approximate surface area is 128 Å². The number of ether oxygens (including phenoxy) is 2. The SMILES string of the molecule is CCOc1cccc(C(NN)C2(OC)CCCCCC2)c1. The minimum absolute atomic E-state index is 0.0130. The molecule has 1 aliphatic carbocycles. The van der Waals surface area contributed by atoms with E-state index in [1.165, 1.54) is 25.7 Å². The average molecular weight is 292 g/mol. The molecule has 0 spiro atoms. The number of hydrogen-bond donors (Lipinski definition) is 2. The molecule has 1 aromatic carbocycles. The fourth-order valence-corrected chi connectivity index (χ4v) is 3.44. The lowest BCUT2D eigenvalue weighted by Gasteiger charge is -2.39. The van der Waals surface area contributed by atoms with Gasteiger partial charge in [-0.05, 0) is 37.5 Å². The first-order valence-corrected chi connectivity index (χ1v) is 8.00. The van der Waals surface area contributed by atoms with Gasteiger partial charge in [-0.25, -0.2) is 0 Å². The molecule has 2 rings (SSSR count). The van der Waals surface area contributed by atoms with E-state index in [-0.39, 0.29) is 11.6 Å². The van der Waals surface area contributed by atoms with Gasteiger partial charge in [0.25, 0.3) is 0 Å². The second-order valence-corrected chi connectivity index (χ2v) is 5.79. The van der Waals surface area contributed by atoms with Crippen molar-refractivity contribution >= 4 is 0 Å². The zero-order valence-electron chi connectivity index (χ0n) is 13.2. The van der Waals surface area contributed by atoms with Crippen LogP contribution in [0.1, 0.15) is 57.1 Å². The van der Waals surface area contributed by atoms with E-state index in [9.17, 15) is 0 Å². The number of hydrogen-bond acceptors (Lipinski definition) is 4. The van der Waals surface area contributed by atoms with Gasteiger partial charge in [-0.15, -0.1) is 0 Å². The van der Waals surface area contributed by atoms with Crippen LogP contribution < -0.4 is 16.0 Å². The van der Waals surface area contributed by atoms with Gasteiger partial charge in [0.2, 0.25) is 0 Å². The van der Waals surface area contributed by atoms with Crippen molar-refractivity contribution in [1.82, 2.24) is 5.43 Å². The summed E-state index contributed by atoms with van der Waals surface area (Å²) in [6.07, 6.45) is 7.02. The van der Waals surface area contributed by atoms with Crippen LogP contribution in [0.15, 0.2) is 24.3 Å². The Morgan fingerprint density at radius 3 is 2.52 bits per heavy atom. The van der Waals surface area contributed by atoms with Gasteiger partial charge in [0.15, 0.2) is 0 Å². The molecule has 0 bridgehead atoms. The molecule has 0 heterocycles. The van der Waals surface area contributed by atoms with Gasteiger partial charge in [-0.3, -0.25) is 11.3 Å². The number of rotatable bonds is 6. The normalized spacial score (nSPS) is 19.8. The van der Waals surface area contributed by atoms with Crippen molar-refractivity contribution < 1.29 is 9.47 Å². The molecule has 0 aromatic heterocycles. The lowest BCUT2D eigenvalue weighted by Crippen LogP contribution is -2.47. The molecule has 4 heteroatoms. The molecule has 4 nitrogen and oxygen atoms in total. The summed E-state index contributed by atoms with van der Waals surface area (Å²) < 4.78 is 11.6. The Morgan fingerprint density at radius 2 is 1.95 bits per heavy atom. The first-order chi connectivity index (χ1) is 10.3. The van der Waals surface area contributed by atoms with Crippen molar-refractivity contribution in [3.8, 4) is 5.75 Å². The monoisotopic (exact) mass is 292 g/mol. The van der Waals surface area contributed by atoms with Crippen LogP contribution in [-0.2, 0) is 4.74 Å². The minimum atomic E-state index is -0.226. The third-order valence-corrected chi connectivity index (χ3v) is 4.55. The van der Waals surface area contributed by atoms with Gasteiger partial charge >= 0.3 is 0 Å². The summed E-state index contributed by atoms with van der Waals surface area (Å²) in [6.45, 7) is 2.66. The van der Waals surface area contributed by atoms with Gasteiger partial charge in [0, 0.05) is 7.11 Å². The smallest absolute Gasteiger partial charge is 0.119 e. The summed E-state index contributed by atoms with van der Waals surface area (Å²) in [4.78, 5) is 0. The molecular weight excluding hydrogens is 264 g/mol. The number of methoxy groups -OCH3 is 1. The van der Waals surface area contributed by atoms with Crippen molar-refractivity contribution in [3.63, 3.8) is 0 Å². The van der Waals surface area contributed by atoms with Crippen molar-refractivity contribution in [2.24, 2.45) is 5.84 Å². The molecule has 1 unspecified atom stereocenters. The Balaban J connectivity index is 2.29. The largest absolute Gasteiger partial charge is 0.494 e. The van der Waals surface area contributed by atoms with Crippen molar-refractivity contribution in [2.75, 3.05) is 13.7 Å². The van der Waals surface area contributed by atoms with Crippen LogP contribution in [0.4, 0.5) is 0 Å². The van der Waals surface area contributed by atoms with Crippen LogP contribution in [-0.4, -0.2) is 19.3 Å². The third kappa shape index (κ3) is 3.76. The van der Waals surface area contributed by atoms with Crippen LogP contribution in [0, 0.1) is 0 Å². The fourth-order valence-electron chi connectivity index (χ4n) is 3.44. The van der Waals surface area contributed by atoms with Crippen molar-refractivity contribution in [1.29, 1.82) is 0 Å². The van der Waals surface area contributed by atoms with Crippen LogP contribution in [0.3, 0.4) is 0 Å². The van der Waals surface area contributed by atoms with Gasteiger partial charge in [-0.2, -0.15) is 0 Å². The van der Waals surface area contributed by atoms with Crippen LogP contribution in [0.25, 0.3) is 0 Å². The molecule has 0 saturated heterocycles. The Hall–Kier alpha value is -1.10. The third-order valence-electron chi connectivity index (χ3n) is 4.55. The van der Waals surface area contributed by atoms with Crippen LogP contribution in [0.2, 0.25) is 0 Å². The van der Waals surface area contributed by atoms with E-state index < -0.39 is 0 Å². The summed E-state index contributed by atoms with van der Waals surface area (Å²) in [5.74, 6) is 6.79. The summed E-state index contributed by atoms with van der Waals surface area (Å²) >= 11 is 0. The second kappa shape index (κ2) is 7.78. The lowest BCUT2D eigenvalue weighted by atomic mass is 9.82. The van der Waals surface area contributed by atoms with E-state index in [2.05, 4.69) is 17.6 Å². The first kappa shape index (κ1) is 16.3. The summed E-state index contributed by atoms with van der Waals surface area (Å²) in [5.41, 5.74) is 3.90. The quantitative estimate of drug-likeness (QED) is 0.480. The van der Waals surface area contributed by atoms with E-state index in [0.29, 0.717) is 6.61 Å². The predicted octanol–water partition coefficient (Wildman–Crippen LogP) is 3.33. The molecule has 1 atom stereocenters. The zero-order chi connectivity index (χ0) is 15.1. The zero-order valence-corrected chi connectivity index (χ0v) is 13.2. The Morgan fingerprint density at radius 1 is 1.24 bits per heavy atom. The molecule has 0 amide bonds. The highest BCUT2D eigenvalue weighted by Crippen LogP contribution is 2.40. The Kier molecular flexibility index (Phi) is 6.03. The van der Waals surface area contributed by atoms with E-state index in [0.717, 1.165) is 24.2 Å².